The third-order valence-corrected chi connectivity index (χ3v) is 8.51. The van der Waals surface area contributed by atoms with Crippen LogP contribution in [0.1, 0.15) is 96.3 Å². The molecule has 1 fully saturated rings. The Morgan fingerprint density at radius 1 is 1.07 bits per heavy atom. The van der Waals surface area contributed by atoms with E-state index in [1.54, 1.807) is 23.1 Å². The minimum atomic E-state index is -0.476. The average Bonchev–Trinajstić information content (AvgIpc) is 2.98. The molecule has 242 valence electrons. The van der Waals surface area contributed by atoms with Crippen LogP contribution in [0, 0.1) is 11.8 Å². The summed E-state index contributed by atoms with van der Waals surface area (Å²) in [5, 5.41) is 15.8. The van der Waals surface area contributed by atoms with Crippen LogP contribution in [-0.2, 0) is 9.53 Å². The Morgan fingerprint density at radius 3 is 2.44 bits per heavy atom. The predicted octanol–water partition coefficient (Wildman–Crippen LogP) is 5.05. The highest BCUT2D eigenvalue weighted by atomic mass is 16.5. The van der Waals surface area contributed by atoms with Crippen LogP contribution in [0.25, 0.3) is 0 Å². The van der Waals surface area contributed by atoms with E-state index in [9.17, 15) is 19.5 Å². The highest BCUT2D eigenvalue weighted by molar-refractivity contribution is 5.99. The normalized spacial score (nSPS) is 23.5. The zero-order chi connectivity index (χ0) is 31.5. The molecule has 10 nitrogen and oxygen atoms in total. The molecular weight excluding hydrogens is 548 g/mol. The monoisotopic (exact) mass is 602 g/mol. The molecule has 4 amide bonds. The van der Waals surface area contributed by atoms with Crippen LogP contribution in [0.4, 0.5) is 10.5 Å². The van der Waals surface area contributed by atoms with Crippen LogP contribution in [0.3, 0.4) is 0 Å². The summed E-state index contributed by atoms with van der Waals surface area (Å²) in [7, 11) is 1.86. The van der Waals surface area contributed by atoms with Crippen LogP contribution in [0.2, 0.25) is 0 Å². The highest BCUT2D eigenvalue weighted by Gasteiger charge is 2.32. The molecule has 2 aliphatic rings. The third kappa shape index (κ3) is 10.4. The molecule has 1 aliphatic heterocycles. The van der Waals surface area contributed by atoms with E-state index in [1.807, 2.05) is 46.6 Å². The number of nitrogens with one attached hydrogen (secondary N) is 2. The van der Waals surface area contributed by atoms with Crippen molar-refractivity contribution in [1.82, 2.24) is 15.1 Å². The second-order valence-corrected chi connectivity index (χ2v) is 12.8. The fourth-order valence-electron chi connectivity index (χ4n) is 5.91. The summed E-state index contributed by atoms with van der Waals surface area (Å²) in [4.78, 5) is 43.4. The first kappa shape index (κ1) is 34.6. The van der Waals surface area contributed by atoms with Crippen molar-refractivity contribution in [3.05, 3.63) is 23.8 Å². The molecule has 0 aromatic heterocycles. The van der Waals surface area contributed by atoms with E-state index in [4.69, 9.17) is 9.47 Å². The van der Waals surface area contributed by atoms with Gasteiger partial charge in [0.25, 0.3) is 5.91 Å². The highest BCUT2D eigenvalue weighted by Crippen LogP contribution is 2.29. The lowest BCUT2D eigenvalue weighted by atomic mass is 9.88. The maximum atomic E-state index is 14.2. The number of hydrogen-bond donors (Lipinski definition) is 3. The molecule has 4 atom stereocenters. The fourth-order valence-corrected chi connectivity index (χ4v) is 5.91. The van der Waals surface area contributed by atoms with Crippen molar-refractivity contribution in [3.63, 3.8) is 0 Å². The van der Waals surface area contributed by atoms with Gasteiger partial charge in [0.1, 0.15) is 5.75 Å². The van der Waals surface area contributed by atoms with Crippen molar-refractivity contribution in [2.45, 2.75) is 110 Å². The molecule has 1 aliphatic carbocycles. The van der Waals surface area contributed by atoms with Crippen molar-refractivity contribution in [1.29, 1.82) is 0 Å². The quantitative estimate of drug-likeness (QED) is 0.402. The molecule has 0 unspecified atom stereocenters. The standard InChI is InChI=1S/C33H54N4O6/c1-22(2)34-33(41)35-27-15-16-29-28(18-27)32(40)37(24(4)21-38)19-23(3)30(42-17-11-10-12-25(5)43-29)20-36(6)31(39)26-13-8-7-9-14-26/h15-16,18,22-26,30,38H,7-14,17,19-21H2,1-6H3,(H2,34,35,41)/t23-,24+,25-,30-/m1/s1. The second kappa shape index (κ2) is 16.9. The summed E-state index contributed by atoms with van der Waals surface area (Å²) in [5.74, 6) is 0.268. The van der Waals surface area contributed by atoms with Crippen molar-refractivity contribution in [2.75, 3.05) is 38.7 Å². The molecule has 43 heavy (non-hydrogen) atoms. The number of amides is 4. The molecule has 3 N–H and O–H groups in total. The van der Waals surface area contributed by atoms with E-state index < -0.39 is 6.04 Å². The average molecular weight is 603 g/mol. The van der Waals surface area contributed by atoms with Gasteiger partial charge in [-0.2, -0.15) is 0 Å². The molecule has 0 spiro atoms. The van der Waals surface area contributed by atoms with Gasteiger partial charge in [0.2, 0.25) is 5.91 Å². The number of anilines is 1. The minimum absolute atomic E-state index is 0.0438. The van der Waals surface area contributed by atoms with Gasteiger partial charge in [-0.25, -0.2) is 4.79 Å². The van der Waals surface area contributed by atoms with E-state index in [2.05, 4.69) is 10.6 Å². The van der Waals surface area contributed by atoms with Gasteiger partial charge in [-0.15, -0.1) is 0 Å². The Labute approximate surface area is 257 Å². The molecule has 1 saturated carbocycles. The number of aliphatic hydroxyl groups is 1. The number of fused-ring (bicyclic) bond motifs is 1. The Kier molecular flexibility index (Phi) is 13.6. The second-order valence-electron chi connectivity index (χ2n) is 12.8. The Balaban J connectivity index is 1.90. The van der Waals surface area contributed by atoms with Crippen molar-refractivity contribution < 1.29 is 29.0 Å². The van der Waals surface area contributed by atoms with Crippen LogP contribution in [0.5, 0.6) is 5.75 Å². The van der Waals surface area contributed by atoms with E-state index in [-0.39, 0.29) is 54.5 Å². The number of likely N-dealkylation sites (N-methyl/N-ethyl adjacent to an activating group) is 1. The fraction of sp³-hybridized carbons (Fsp3) is 0.727. The molecule has 1 aromatic rings. The van der Waals surface area contributed by atoms with Crippen LogP contribution < -0.4 is 15.4 Å². The first-order valence-electron chi connectivity index (χ1n) is 16.2. The number of carbonyl (C=O) groups is 3. The van der Waals surface area contributed by atoms with Gasteiger partial charge in [-0.05, 0) is 78.0 Å². The molecule has 1 heterocycles. The summed E-state index contributed by atoms with van der Waals surface area (Å²) < 4.78 is 12.7. The topological polar surface area (TPSA) is 120 Å². The maximum Gasteiger partial charge on any atom is 0.319 e. The summed E-state index contributed by atoms with van der Waals surface area (Å²) in [6, 6.07) is 4.21. The van der Waals surface area contributed by atoms with E-state index >= 15 is 0 Å². The number of urea groups is 1. The summed E-state index contributed by atoms with van der Waals surface area (Å²) in [5.41, 5.74) is 0.789. The lowest BCUT2D eigenvalue weighted by Crippen LogP contribution is -2.48. The number of hydrogen-bond acceptors (Lipinski definition) is 6. The van der Waals surface area contributed by atoms with Gasteiger partial charge < -0.3 is 35.0 Å². The number of ether oxygens (including phenoxy) is 2. The smallest absolute Gasteiger partial charge is 0.319 e. The molecule has 1 aromatic carbocycles. The molecule has 0 radical (unpaired) electrons. The first-order valence-corrected chi connectivity index (χ1v) is 16.2. The van der Waals surface area contributed by atoms with Crippen LogP contribution in [0.15, 0.2) is 18.2 Å². The Morgan fingerprint density at radius 2 is 1.77 bits per heavy atom. The lowest BCUT2D eigenvalue weighted by molar-refractivity contribution is -0.137. The number of nitrogens with zero attached hydrogens (tertiary/aromatic N) is 2. The predicted molar refractivity (Wildman–Crippen MR) is 168 cm³/mol. The van der Waals surface area contributed by atoms with Crippen molar-refractivity contribution in [2.24, 2.45) is 11.8 Å². The Hall–Kier alpha value is -2.85. The zero-order valence-electron chi connectivity index (χ0n) is 27.1. The van der Waals surface area contributed by atoms with Crippen LogP contribution in [-0.4, -0.2) is 90.4 Å². The van der Waals surface area contributed by atoms with Gasteiger partial charge in [0.05, 0.1) is 30.4 Å². The molecule has 0 bridgehead atoms. The number of aliphatic hydroxyl groups excluding tert-OH is 1. The van der Waals surface area contributed by atoms with Crippen molar-refractivity contribution in [3.8, 4) is 5.75 Å². The third-order valence-electron chi connectivity index (χ3n) is 8.51. The molecular formula is C33H54N4O6. The van der Waals surface area contributed by atoms with Gasteiger partial charge in [-0.3, -0.25) is 9.59 Å². The van der Waals surface area contributed by atoms with Gasteiger partial charge in [0, 0.05) is 50.3 Å². The minimum Gasteiger partial charge on any atom is -0.490 e. The lowest BCUT2D eigenvalue weighted by Gasteiger charge is -2.36. The maximum absolute atomic E-state index is 14.2. The molecule has 10 heteroatoms. The SMILES string of the molecule is CC(C)NC(=O)Nc1ccc2c(c1)C(=O)N([C@@H](C)CO)C[C@@H](C)[C@@H](CN(C)C(=O)C1CCCCC1)OCCCC[C@@H](C)O2. The summed E-state index contributed by atoms with van der Waals surface area (Å²) in [6.45, 7) is 10.7. The van der Waals surface area contributed by atoms with E-state index in [0.29, 0.717) is 36.7 Å². The van der Waals surface area contributed by atoms with E-state index in [1.165, 1.54) is 6.42 Å². The molecule has 0 saturated heterocycles. The first-order chi connectivity index (χ1) is 20.5. The van der Waals surface area contributed by atoms with Crippen molar-refractivity contribution >= 4 is 23.5 Å². The number of carbonyl (C=O) groups excluding carboxylic acids is 3. The zero-order valence-corrected chi connectivity index (χ0v) is 27.1. The van der Waals surface area contributed by atoms with Crippen LogP contribution >= 0.6 is 0 Å². The molecule has 3 rings (SSSR count). The number of benzene rings is 1. The van der Waals surface area contributed by atoms with Gasteiger partial charge in [0.15, 0.2) is 0 Å². The Bertz CT molecular complexity index is 1060. The largest absolute Gasteiger partial charge is 0.490 e. The van der Waals surface area contributed by atoms with E-state index in [0.717, 1.165) is 44.9 Å². The van der Waals surface area contributed by atoms with Gasteiger partial charge in [-0.1, -0.05) is 26.2 Å². The summed E-state index contributed by atoms with van der Waals surface area (Å²) in [6.07, 6.45) is 7.38. The number of rotatable bonds is 7. The van der Waals surface area contributed by atoms with Gasteiger partial charge >= 0.3 is 6.03 Å². The summed E-state index contributed by atoms with van der Waals surface area (Å²) >= 11 is 0.